The van der Waals surface area contributed by atoms with Crippen molar-refractivity contribution in [3.8, 4) is 5.75 Å². The van der Waals surface area contributed by atoms with E-state index in [9.17, 15) is 13.2 Å². The van der Waals surface area contributed by atoms with Gasteiger partial charge in [-0.25, -0.2) is 0 Å². The first-order valence-electron chi connectivity index (χ1n) is 4.61. The van der Waals surface area contributed by atoms with Gasteiger partial charge in [0.25, 0.3) is 0 Å². The lowest BCUT2D eigenvalue weighted by molar-refractivity contribution is -0.137. The Bertz CT molecular complexity index is 362. The van der Waals surface area contributed by atoms with Crippen molar-refractivity contribution >= 4 is 11.6 Å². The number of ether oxygens (including phenoxy) is 1. The first-order valence-corrected chi connectivity index (χ1v) is 4.99. The third-order valence-corrected chi connectivity index (χ3v) is 2.08. The summed E-state index contributed by atoms with van der Waals surface area (Å²) in [4.78, 5) is 0. The second-order valence-electron chi connectivity index (χ2n) is 3.61. The predicted octanol–water partition coefficient (Wildman–Crippen LogP) is 4.33. The standard InChI is InChI=1S/C11H11ClF3O/c1-6(2)16-10-7(3)4-8(5-9(10)12)11(13,14)15/h4-6H,3H2,1-2H3. The second-order valence-corrected chi connectivity index (χ2v) is 4.02. The molecule has 1 nitrogen and oxygen atoms in total. The van der Waals surface area contributed by atoms with E-state index in [-0.39, 0.29) is 22.4 Å². The van der Waals surface area contributed by atoms with E-state index in [2.05, 4.69) is 6.92 Å². The molecule has 0 saturated heterocycles. The van der Waals surface area contributed by atoms with E-state index in [1.54, 1.807) is 13.8 Å². The average Bonchev–Trinajstić information content (AvgIpc) is 2.09. The Morgan fingerprint density at radius 2 is 1.88 bits per heavy atom. The van der Waals surface area contributed by atoms with Crippen molar-refractivity contribution in [2.45, 2.75) is 26.1 Å². The van der Waals surface area contributed by atoms with Gasteiger partial charge in [-0.3, -0.25) is 0 Å². The van der Waals surface area contributed by atoms with Crippen LogP contribution in [0.5, 0.6) is 5.75 Å². The molecule has 16 heavy (non-hydrogen) atoms. The minimum atomic E-state index is -4.42. The Morgan fingerprint density at radius 3 is 2.25 bits per heavy atom. The summed E-state index contributed by atoms with van der Waals surface area (Å²) in [6.45, 7) is 7.01. The molecule has 1 aromatic carbocycles. The summed E-state index contributed by atoms with van der Waals surface area (Å²) in [6.07, 6.45) is -4.60. The third-order valence-electron chi connectivity index (χ3n) is 1.80. The van der Waals surface area contributed by atoms with Crippen molar-refractivity contribution in [3.63, 3.8) is 0 Å². The van der Waals surface area contributed by atoms with Gasteiger partial charge in [0.15, 0.2) is 0 Å². The highest BCUT2D eigenvalue weighted by molar-refractivity contribution is 6.32. The molecule has 0 atom stereocenters. The van der Waals surface area contributed by atoms with Crippen LogP contribution < -0.4 is 4.74 Å². The number of hydrogen-bond donors (Lipinski definition) is 0. The summed E-state index contributed by atoms with van der Waals surface area (Å²) >= 11 is 5.72. The molecule has 0 aromatic heterocycles. The zero-order chi connectivity index (χ0) is 12.5. The molecule has 0 unspecified atom stereocenters. The summed E-state index contributed by atoms with van der Waals surface area (Å²) < 4.78 is 42.5. The highest BCUT2D eigenvalue weighted by atomic mass is 35.5. The Morgan fingerprint density at radius 1 is 1.31 bits per heavy atom. The molecule has 0 N–H and O–H groups in total. The van der Waals surface area contributed by atoms with E-state index < -0.39 is 11.7 Å². The number of alkyl halides is 3. The molecule has 1 radical (unpaired) electrons. The number of rotatable bonds is 2. The molecule has 0 aliphatic rings. The lowest BCUT2D eigenvalue weighted by Gasteiger charge is -2.16. The SMILES string of the molecule is [CH2]c1cc(C(F)(F)F)cc(Cl)c1OC(C)C. The van der Waals surface area contributed by atoms with Crippen molar-refractivity contribution in [2.24, 2.45) is 0 Å². The lowest BCUT2D eigenvalue weighted by atomic mass is 10.1. The van der Waals surface area contributed by atoms with Crippen LogP contribution in [0.4, 0.5) is 13.2 Å². The molecule has 0 fully saturated rings. The molecular weight excluding hydrogens is 241 g/mol. The van der Waals surface area contributed by atoms with Crippen molar-refractivity contribution < 1.29 is 17.9 Å². The van der Waals surface area contributed by atoms with Crippen molar-refractivity contribution in [3.05, 3.63) is 35.2 Å². The van der Waals surface area contributed by atoms with Gasteiger partial charge in [-0.2, -0.15) is 13.2 Å². The average molecular weight is 252 g/mol. The normalized spacial score (nSPS) is 12.0. The van der Waals surface area contributed by atoms with Crippen molar-refractivity contribution in [1.29, 1.82) is 0 Å². The molecule has 89 valence electrons. The van der Waals surface area contributed by atoms with E-state index >= 15 is 0 Å². The summed E-state index contributed by atoms with van der Waals surface area (Å²) in [5, 5.41) is -0.0754. The third kappa shape index (κ3) is 3.04. The van der Waals surface area contributed by atoms with Crippen LogP contribution in [0.2, 0.25) is 5.02 Å². The molecule has 0 bridgehead atoms. The van der Waals surface area contributed by atoms with Gasteiger partial charge < -0.3 is 4.74 Å². The largest absolute Gasteiger partial charge is 0.489 e. The fraction of sp³-hybridized carbons (Fsp3) is 0.364. The Hall–Kier alpha value is -0.900. The van der Waals surface area contributed by atoms with Crippen LogP contribution in [0.1, 0.15) is 25.0 Å². The van der Waals surface area contributed by atoms with Crippen LogP contribution in [0.15, 0.2) is 12.1 Å². The fourth-order valence-electron chi connectivity index (χ4n) is 1.18. The zero-order valence-corrected chi connectivity index (χ0v) is 9.62. The molecule has 0 amide bonds. The predicted molar refractivity (Wildman–Crippen MR) is 56.7 cm³/mol. The van der Waals surface area contributed by atoms with Gasteiger partial charge in [-0.1, -0.05) is 11.6 Å². The highest BCUT2D eigenvalue weighted by Gasteiger charge is 2.31. The Balaban J connectivity index is 3.18. The highest BCUT2D eigenvalue weighted by Crippen LogP contribution is 2.37. The first-order chi connectivity index (χ1) is 7.21. The smallest absolute Gasteiger partial charge is 0.416 e. The van der Waals surface area contributed by atoms with Gasteiger partial charge in [0.05, 0.1) is 16.7 Å². The molecule has 0 spiro atoms. The molecule has 0 heterocycles. The molecule has 0 aliphatic heterocycles. The summed E-state index contributed by atoms with van der Waals surface area (Å²) in [7, 11) is 0. The molecule has 1 rings (SSSR count). The summed E-state index contributed by atoms with van der Waals surface area (Å²) in [5.74, 6) is 0.199. The molecule has 1 aromatic rings. The maximum absolute atomic E-state index is 12.4. The van der Waals surface area contributed by atoms with Crippen LogP contribution in [0.25, 0.3) is 0 Å². The van der Waals surface area contributed by atoms with Gasteiger partial charge in [0.2, 0.25) is 0 Å². The van der Waals surface area contributed by atoms with E-state index in [1.807, 2.05) is 0 Å². The summed E-state index contributed by atoms with van der Waals surface area (Å²) in [6, 6.07) is 1.76. The zero-order valence-electron chi connectivity index (χ0n) is 8.86. The monoisotopic (exact) mass is 251 g/mol. The molecular formula is C11H11ClF3O. The maximum Gasteiger partial charge on any atom is 0.416 e. The first kappa shape index (κ1) is 13.2. The van der Waals surface area contributed by atoms with Gasteiger partial charge in [0.1, 0.15) is 5.75 Å². The van der Waals surface area contributed by atoms with Crippen LogP contribution >= 0.6 is 11.6 Å². The number of hydrogen-bond acceptors (Lipinski definition) is 1. The van der Waals surface area contributed by atoms with Gasteiger partial charge in [-0.15, -0.1) is 0 Å². The molecule has 0 aliphatic carbocycles. The number of benzene rings is 1. The second kappa shape index (κ2) is 4.53. The Labute approximate surface area is 97.2 Å². The molecule has 0 saturated carbocycles. The van der Waals surface area contributed by atoms with Crippen molar-refractivity contribution in [2.75, 3.05) is 0 Å². The minimum Gasteiger partial charge on any atom is -0.489 e. The van der Waals surface area contributed by atoms with E-state index in [1.165, 1.54) is 0 Å². The van der Waals surface area contributed by atoms with Gasteiger partial charge in [-0.05, 0) is 38.5 Å². The van der Waals surface area contributed by atoms with Crippen LogP contribution in [-0.2, 0) is 6.18 Å². The minimum absolute atomic E-state index is 0.0754. The van der Waals surface area contributed by atoms with E-state index in [4.69, 9.17) is 16.3 Å². The lowest BCUT2D eigenvalue weighted by Crippen LogP contribution is -2.10. The van der Waals surface area contributed by atoms with Gasteiger partial charge in [0, 0.05) is 0 Å². The van der Waals surface area contributed by atoms with Crippen LogP contribution in [0, 0.1) is 6.92 Å². The Kier molecular flexibility index (Phi) is 3.73. The van der Waals surface area contributed by atoms with Crippen LogP contribution in [-0.4, -0.2) is 6.10 Å². The van der Waals surface area contributed by atoms with Gasteiger partial charge >= 0.3 is 6.18 Å². The number of halogens is 4. The van der Waals surface area contributed by atoms with Crippen LogP contribution in [0.3, 0.4) is 0 Å². The topological polar surface area (TPSA) is 9.23 Å². The van der Waals surface area contributed by atoms with E-state index in [0.717, 1.165) is 12.1 Å². The van der Waals surface area contributed by atoms with Crippen molar-refractivity contribution in [1.82, 2.24) is 0 Å². The maximum atomic E-state index is 12.4. The molecule has 5 heteroatoms. The fourth-order valence-corrected chi connectivity index (χ4v) is 1.47. The summed E-state index contributed by atoms with van der Waals surface area (Å²) in [5.41, 5.74) is -0.688. The van der Waals surface area contributed by atoms with E-state index in [0.29, 0.717) is 0 Å². The quantitative estimate of drug-likeness (QED) is 0.760.